The molecular weight excluding hydrogens is 464 g/mol. The summed E-state index contributed by atoms with van der Waals surface area (Å²) in [6.45, 7) is 3.73. The summed E-state index contributed by atoms with van der Waals surface area (Å²) >= 11 is -2.72. The molecule has 180 valence electrons. The van der Waals surface area contributed by atoms with Crippen LogP contribution in [-0.2, 0) is 22.7 Å². The number of benzene rings is 3. The van der Waals surface area contributed by atoms with Crippen molar-refractivity contribution < 1.29 is 23.4 Å². The van der Waals surface area contributed by atoms with Gasteiger partial charge < -0.3 is 14.4 Å². The molecule has 4 rings (SSSR count). The first-order valence-electron chi connectivity index (χ1n) is 11.1. The van der Waals surface area contributed by atoms with E-state index in [0.29, 0.717) is 18.2 Å². The van der Waals surface area contributed by atoms with E-state index in [1.54, 1.807) is 44.3 Å². The number of carboxylic acid groups (broad SMARTS) is 1. The molecule has 0 aliphatic carbocycles. The van der Waals surface area contributed by atoms with E-state index >= 15 is 0 Å². The first-order valence-corrected chi connectivity index (χ1v) is 12.1. The number of carbonyl (C=O) groups is 1. The molecule has 7 nitrogen and oxygen atoms in total. The average Bonchev–Trinajstić information content (AvgIpc) is 2.85. The first kappa shape index (κ1) is 24.4. The highest BCUT2D eigenvalue weighted by molar-refractivity contribution is 7.80. The lowest BCUT2D eigenvalue weighted by Crippen LogP contribution is -2.45. The molecule has 3 aromatic carbocycles. The zero-order chi connectivity index (χ0) is 24.9. The Morgan fingerprint density at radius 2 is 1.60 bits per heavy atom. The molecule has 0 spiro atoms. The molecule has 35 heavy (non-hydrogen) atoms. The van der Waals surface area contributed by atoms with Crippen LogP contribution in [0.15, 0.2) is 85.1 Å². The van der Waals surface area contributed by atoms with Crippen LogP contribution in [-0.4, -0.2) is 30.9 Å². The van der Waals surface area contributed by atoms with Crippen molar-refractivity contribution in [2.75, 3.05) is 4.31 Å². The molecular formula is C27H25N2O5S-. The Labute approximate surface area is 206 Å². The summed E-state index contributed by atoms with van der Waals surface area (Å²) in [7, 11) is 0. The normalized spacial score (nSPS) is 12.9. The number of fused-ring (bicyclic) bond motifs is 1. The molecule has 8 heteroatoms. The van der Waals surface area contributed by atoms with Gasteiger partial charge in [0.25, 0.3) is 0 Å². The smallest absolute Gasteiger partial charge is 0.327 e. The fraction of sp³-hybridized carbons (Fsp3) is 0.185. The van der Waals surface area contributed by atoms with E-state index in [1.165, 1.54) is 0 Å². The summed E-state index contributed by atoms with van der Waals surface area (Å²) in [5.74, 6) is -1.03. The number of carboxylic acids is 1. The SMILES string of the molecule is CC(C)C(C(=O)O)N(c1ccc(-c2ccc(COc3cc4ccccc4cn3)cc2)cc1)S(=O)[O-]. The lowest BCUT2D eigenvalue weighted by molar-refractivity contribution is -0.139. The van der Waals surface area contributed by atoms with Gasteiger partial charge >= 0.3 is 5.97 Å². The number of aliphatic carboxylic acids is 1. The van der Waals surface area contributed by atoms with E-state index in [1.807, 2.05) is 54.6 Å². The molecule has 2 atom stereocenters. The standard InChI is InChI=1S/C27H26N2O5S/c1-18(2)26(27(30)31)29(35(32)33)24-13-11-21(12-14-24)20-9-7-19(8-10-20)17-34-25-15-22-5-3-4-6-23(22)16-28-25/h3-16,18,26H,17H2,1-2H3,(H,30,31)(H,32,33)/p-1. The van der Waals surface area contributed by atoms with Crippen LogP contribution in [0.3, 0.4) is 0 Å². The van der Waals surface area contributed by atoms with Gasteiger partial charge in [-0.1, -0.05) is 74.5 Å². The van der Waals surface area contributed by atoms with Gasteiger partial charge in [0.2, 0.25) is 5.88 Å². The number of rotatable bonds is 9. The fourth-order valence-corrected chi connectivity index (χ4v) is 4.70. The summed E-state index contributed by atoms with van der Waals surface area (Å²) < 4.78 is 30.4. The first-order chi connectivity index (χ1) is 16.8. The van der Waals surface area contributed by atoms with Gasteiger partial charge in [-0.15, -0.1) is 0 Å². The van der Waals surface area contributed by atoms with E-state index in [2.05, 4.69) is 4.98 Å². The average molecular weight is 490 g/mol. The van der Waals surface area contributed by atoms with Crippen molar-refractivity contribution in [2.24, 2.45) is 5.92 Å². The van der Waals surface area contributed by atoms with Gasteiger partial charge in [0, 0.05) is 34.6 Å². The number of aromatic nitrogens is 1. The second kappa shape index (κ2) is 10.7. The second-order valence-corrected chi connectivity index (χ2v) is 9.30. The largest absolute Gasteiger partial charge is 0.755 e. The van der Waals surface area contributed by atoms with Crippen molar-refractivity contribution in [2.45, 2.75) is 26.5 Å². The number of pyridine rings is 1. The van der Waals surface area contributed by atoms with Crippen LogP contribution in [0, 0.1) is 5.92 Å². The number of ether oxygens (including phenoxy) is 1. The molecule has 0 fully saturated rings. The van der Waals surface area contributed by atoms with Crippen molar-refractivity contribution in [1.29, 1.82) is 0 Å². The highest BCUT2D eigenvalue weighted by atomic mass is 32.2. The molecule has 4 aromatic rings. The second-order valence-electron chi connectivity index (χ2n) is 8.47. The molecule has 0 radical (unpaired) electrons. The molecule has 0 amide bonds. The van der Waals surface area contributed by atoms with E-state index in [-0.39, 0.29) is 0 Å². The van der Waals surface area contributed by atoms with Crippen molar-refractivity contribution in [3.63, 3.8) is 0 Å². The zero-order valence-electron chi connectivity index (χ0n) is 19.3. The maximum atomic E-state index is 11.8. The van der Waals surface area contributed by atoms with Crippen LogP contribution < -0.4 is 9.04 Å². The Bertz CT molecular complexity index is 1340. The van der Waals surface area contributed by atoms with E-state index in [4.69, 9.17) is 4.74 Å². The van der Waals surface area contributed by atoms with Crippen LogP contribution >= 0.6 is 0 Å². The van der Waals surface area contributed by atoms with E-state index in [0.717, 1.165) is 31.8 Å². The lowest BCUT2D eigenvalue weighted by atomic mass is 10.0. The third kappa shape index (κ3) is 5.67. The lowest BCUT2D eigenvalue weighted by Gasteiger charge is -2.34. The molecule has 2 unspecified atom stereocenters. The quantitative estimate of drug-likeness (QED) is 0.325. The van der Waals surface area contributed by atoms with Gasteiger partial charge in [-0.3, -0.25) is 8.51 Å². The summed E-state index contributed by atoms with van der Waals surface area (Å²) in [6.07, 6.45) is 1.79. The molecule has 1 aromatic heterocycles. The zero-order valence-corrected chi connectivity index (χ0v) is 20.1. The summed E-state index contributed by atoms with van der Waals surface area (Å²) in [5, 5.41) is 11.6. The summed E-state index contributed by atoms with van der Waals surface area (Å²) in [6, 6.07) is 23.3. The van der Waals surface area contributed by atoms with Crippen LogP contribution in [0.1, 0.15) is 19.4 Å². The third-order valence-corrected chi connectivity index (χ3v) is 6.46. The topological polar surface area (TPSA) is 103 Å². The van der Waals surface area contributed by atoms with Gasteiger partial charge in [-0.05, 0) is 40.1 Å². The monoisotopic (exact) mass is 489 g/mol. The predicted molar refractivity (Wildman–Crippen MR) is 136 cm³/mol. The van der Waals surface area contributed by atoms with Gasteiger partial charge in [-0.2, -0.15) is 0 Å². The number of hydrogen-bond acceptors (Lipinski definition) is 5. The Hall–Kier alpha value is -3.75. The van der Waals surface area contributed by atoms with Crippen molar-refractivity contribution in [1.82, 2.24) is 4.98 Å². The fourth-order valence-electron chi connectivity index (χ4n) is 3.89. The number of hydrogen-bond donors (Lipinski definition) is 1. The summed E-state index contributed by atoms with van der Waals surface area (Å²) in [5.41, 5.74) is 3.11. The van der Waals surface area contributed by atoms with Crippen molar-refractivity contribution in [3.05, 3.63) is 90.6 Å². The molecule has 0 saturated heterocycles. The van der Waals surface area contributed by atoms with Crippen LogP contribution in [0.4, 0.5) is 5.69 Å². The molecule has 0 bridgehead atoms. The van der Waals surface area contributed by atoms with Crippen LogP contribution in [0.5, 0.6) is 5.88 Å². The highest BCUT2D eigenvalue weighted by Gasteiger charge is 2.30. The van der Waals surface area contributed by atoms with E-state index < -0.39 is 29.2 Å². The van der Waals surface area contributed by atoms with E-state index in [9.17, 15) is 18.7 Å². The number of nitrogens with zero attached hydrogens (tertiary/aromatic N) is 2. The van der Waals surface area contributed by atoms with Crippen LogP contribution in [0.2, 0.25) is 0 Å². The van der Waals surface area contributed by atoms with Crippen molar-refractivity contribution in [3.8, 4) is 17.0 Å². The van der Waals surface area contributed by atoms with Gasteiger partial charge in [0.15, 0.2) is 0 Å². The summed E-state index contributed by atoms with van der Waals surface area (Å²) in [4.78, 5) is 16.0. The van der Waals surface area contributed by atoms with Gasteiger partial charge in [0.05, 0.1) is 0 Å². The van der Waals surface area contributed by atoms with Gasteiger partial charge in [0.1, 0.15) is 12.6 Å². The molecule has 1 heterocycles. The maximum absolute atomic E-state index is 11.8. The van der Waals surface area contributed by atoms with Crippen molar-refractivity contribution >= 4 is 33.7 Å². The Kier molecular flexibility index (Phi) is 7.43. The molecule has 0 aliphatic heterocycles. The Balaban J connectivity index is 1.45. The highest BCUT2D eigenvalue weighted by Crippen LogP contribution is 2.27. The van der Waals surface area contributed by atoms with Gasteiger partial charge in [-0.25, -0.2) is 9.78 Å². The minimum atomic E-state index is -2.72. The van der Waals surface area contributed by atoms with Crippen LogP contribution in [0.25, 0.3) is 21.9 Å². The number of anilines is 1. The Morgan fingerprint density at radius 1 is 1.00 bits per heavy atom. The third-order valence-electron chi connectivity index (χ3n) is 5.70. The molecule has 1 N–H and O–H groups in total. The molecule has 0 aliphatic rings. The minimum Gasteiger partial charge on any atom is -0.755 e. The molecule has 0 saturated carbocycles. The Morgan fingerprint density at radius 3 is 2.17 bits per heavy atom. The predicted octanol–water partition coefficient (Wildman–Crippen LogP) is 5.19. The maximum Gasteiger partial charge on any atom is 0.327 e. The minimum absolute atomic E-state index is 0.302.